The van der Waals surface area contributed by atoms with Crippen molar-refractivity contribution in [3.05, 3.63) is 65.7 Å². The van der Waals surface area contributed by atoms with Crippen LogP contribution in [0.3, 0.4) is 0 Å². The predicted octanol–water partition coefficient (Wildman–Crippen LogP) is 4.96. The minimum atomic E-state index is -0.417. The van der Waals surface area contributed by atoms with Gasteiger partial charge in [-0.15, -0.1) is 0 Å². The van der Waals surface area contributed by atoms with Crippen molar-refractivity contribution in [2.24, 2.45) is 0 Å². The SMILES string of the molecule is COC(=O)/C=C/c1c(C(C)C)n(-c2ccc(F)cc2)c2cc3cn[nH]c3cc12. The fraction of sp³-hybridized carbons (Fsp3) is 0.182. The summed E-state index contributed by atoms with van der Waals surface area (Å²) in [6.07, 6.45) is 4.98. The van der Waals surface area contributed by atoms with E-state index in [4.69, 9.17) is 4.74 Å². The molecule has 0 radical (unpaired) electrons. The van der Waals surface area contributed by atoms with E-state index >= 15 is 0 Å². The summed E-state index contributed by atoms with van der Waals surface area (Å²) in [5, 5.41) is 9.07. The van der Waals surface area contributed by atoms with Crippen LogP contribution in [0.5, 0.6) is 0 Å². The van der Waals surface area contributed by atoms with Gasteiger partial charge < -0.3 is 9.30 Å². The maximum Gasteiger partial charge on any atom is 0.330 e. The lowest BCUT2D eigenvalue weighted by Crippen LogP contribution is -2.03. The average Bonchev–Trinajstić information content (AvgIpc) is 3.26. The van der Waals surface area contributed by atoms with Crippen molar-refractivity contribution in [2.45, 2.75) is 19.8 Å². The fourth-order valence-corrected chi connectivity index (χ4v) is 3.60. The first-order valence-electron chi connectivity index (χ1n) is 9.03. The van der Waals surface area contributed by atoms with Crippen molar-refractivity contribution in [3.63, 3.8) is 0 Å². The lowest BCUT2D eigenvalue weighted by molar-refractivity contribution is -0.134. The Morgan fingerprint density at radius 2 is 2.00 bits per heavy atom. The summed E-state index contributed by atoms with van der Waals surface area (Å²) in [6.45, 7) is 4.19. The number of benzene rings is 2. The van der Waals surface area contributed by atoms with Crippen LogP contribution in [0.2, 0.25) is 0 Å². The Bertz CT molecular complexity index is 1200. The largest absolute Gasteiger partial charge is 0.466 e. The molecule has 0 saturated carbocycles. The van der Waals surface area contributed by atoms with Gasteiger partial charge in [-0.05, 0) is 48.4 Å². The summed E-state index contributed by atoms with van der Waals surface area (Å²) in [4.78, 5) is 11.7. The highest BCUT2D eigenvalue weighted by Gasteiger charge is 2.20. The summed E-state index contributed by atoms with van der Waals surface area (Å²) in [5.74, 6) is -0.541. The summed E-state index contributed by atoms with van der Waals surface area (Å²) in [5.41, 5.74) is 4.69. The molecule has 0 fully saturated rings. The number of nitrogens with zero attached hydrogens (tertiary/aromatic N) is 2. The van der Waals surface area contributed by atoms with Crippen molar-refractivity contribution in [2.75, 3.05) is 7.11 Å². The second kappa shape index (κ2) is 6.96. The van der Waals surface area contributed by atoms with E-state index in [9.17, 15) is 9.18 Å². The monoisotopic (exact) mass is 377 g/mol. The molecule has 0 unspecified atom stereocenters. The molecule has 2 heterocycles. The average molecular weight is 377 g/mol. The Balaban J connectivity index is 2.10. The number of esters is 1. The maximum atomic E-state index is 13.5. The number of H-pyrrole nitrogens is 1. The van der Waals surface area contributed by atoms with Crippen LogP contribution in [-0.2, 0) is 9.53 Å². The van der Waals surface area contributed by atoms with Crippen LogP contribution in [0, 0.1) is 5.82 Å². The van der Waals surface area contributed by atoms with Crippen molar-refractivity contribution >= 4 is 33.9 Å². The Kier molecular flexibility index (Phi) is 4.47. The summed E-state index contributed by atoms with van der Waals surface area (Å²) in [7, 11) is 1.35. The van der Waals surface area contributed by atoms with Crippen LogP contribution in [0.25, 0.3) is 33.6 Å². The van der Waals surface area contributed by atoms with Crippen LogP contribution < -0.4 is 0 Å². The zero-order valence-electron chi connectivity index (χ0n) is 15.9. The molecular weight excluding hydrogens is 357 g/mol. The van der Waals surface area contributed by atoms with Crippen LogP contribution in [0.1, 0.15) is 31.0 Å². The van der Waals surface area contributed by atoms with Gasteiger partial charge in [-0.3, -0.25) is 5.10 Å². The molecule has 0 amide bonds. The van der Waals surface area contributed by atoms with Gasteiger partial charge in [-0.2, -0.15) is 5.10 Å². The Labute approximate surface area is 161 Å². The number of aromatic nitrogens is 3. The number of rotatable bonds is 4. The van der Waals surface area contributed by atoms with Gasteiger partial charge in [0.2, 0.25) is 0 Å². The van der Waals surface area contributed by atoms with Crippen LogP contribution in [0.15, 0.2) is 48.7 Å². The van der Waals surface area contributed by atoms with E-state index in [-0.39, 0.29) is 11.7 Å². The maximum absolute atomic E-state index is 13.5. The topological polar surface area (TPSA) is 59.9 Å². The molecule has 0 spiro atoms. The van der Waals surface area contributed by atoms with E-state index in [0.717, 1.165) is 38.8 Å². The zero-order valence-corrected chi connectivity index (χ0v) is 15.9. The normalized spacial score (nSPS) is 11.9. The Hall–Kier alpha value is -3.41. The molecule has 0 atom stereocenters. The fourth-order valence-electron chi connectivity index (χ4n) is 3.60. The van der Waals surface area contributed by atoms with Gasteiger partial charge in [0.25, 0.3) is 0 Å². The molecule has 6 heteroatoms. The van der Waals surface area contributed by atoms with Crippen LogP contribution in [0.4, 0.5) is 4.39 Å². The van der Waals surface area contributed by atoms with Crippen molar-refractivity contribution in [1.29, 1.82) is 0 Å². The molecular formula is C22H20FN3O2. The van der Waals surface area contributed by atoms with E-state index in [2.05, 4.69) is 34.7 Å². The van der Waals surface area contributed by atoms with E-state index in [1.807, 2.05) is 6.07 Å². The molecule has 0 aliphatic carbocycles. The molecule has 28 heavy (non-hydrogen) atoms. The van der Waals surface area contributed by atoms with E-state index in [1.165, 1.54) is 25.3 Å². The molecule has 4 rings (SSSR count). The zero-order chi connectivity index (χ0) is 19.8. The van der Waals surface area contributed by atoms with Gasteiger partial charge >= 0.3 is 5.97 Å². The number of methoxy groups -OCH3 is 1. The first kappa shape index (κ1) is 18.0. The number of carbonyl (C=O) groups excluding carboxylic acids is 1. The molecule has 2 aromatic heterocycles. The molecule has 0 aliphatic rings. The second-order valence-corrected chi connectivity index (χ2v) is 6.95. The molecule has 2 aromatic carbocycles. The second-order valence-electron chi connectivity index (χ2n) is 6.95. The highest BCUT2D eigenvalue weighted by Crippen LogP contribution is 2.36. The first-order valence-corrected chi connectivity index (χ1v) is 9.03. The number of carbonyl (C=O) groups is 1. The van der Waals surface area contributed by atoms with Gasteiger partial charge in [0.1, 0.15) is 5.82 Å². The number of aromatic amines is 1. The molecule has 4 aromatic rings. The minimum Gasteiger partial charge on any atom is -0.466 e. The predicted molar refractivity (Wildman–Crippen MR) is 108 cm³/mol. The lowest BCUT2D eigenvalue weighted by Gasteiger charge is -2.14. The van der Waals surface area contributed by atoms with Crippen molar-refractivity contribution in [1.82, 2.24) is 14.8 Å². The van der Waals surface area contributed by atoms with Crippen LogP contribution >= 0.6 is 0 Å². The highest BCUT2D eigenvalue weighted by atomic mass is 19.1. The number of nitrogens with one attached hydrogen (secondary N) is 1. The molecule has 0 aliphatic heterocycles. The Morgan fingerprint density at radius 3 is 2.68 bits per heavy atom. The van der Waals surface area contributed by atoms with Gasteiger partial charge in [-0.1, -0.05) is 13.8 Å². The summed E-state index contributed by atoms with van der Waals surface area (Å²) >= 11 is 0. The van der Waals surface area contributed by atoms with Gasteiger partial charge in [-0.25, -0.2) is 9.18 Å². The van der Waals surface area contributed by atoms with Gasteiger partial charge in [0.15, 0.2) is 0 Å². The molecule has 5 nitrogen and oxygen atoms in total. The number of hydrogen-bond acceptors (Lipinski definition) is 3. The summed E-state index contributed by atoms with van der Waals surface area (Å²) in [6, 6.07) is 10.5. The third-order valence-corrected chi connectivity index (χ3v) is 4.82. The first-order chi connectivity index (χ1) is 13.5. The smallest absolute Gasteiger partial charge is 0.330 e. The number of fused-ring (bicyclic) bond motifs is 2. The number of halogens is 1. The molecule has 0 saturated heterocycles. The standard InChI is InChI=1S/C22H20FN3O2/c1-13(2)22-17(8-9-21(27)28-3)18-11-19-14(12-24-25-19)10-20(18)26(22)16-6-4-15(23)5-7-16/h4-13H,1-3H3,(H,24,25)/b9-8+. The quantitative estimate of drug-likeness (QED) is 0.404. The van der Waals surface area contributed by atoms with E-state index in [0.29, 0.717) is 0 Å². The Morgan fingerprint density at radius 1 is 1.25 bits per heavy atom. The third-order valence-electron chi connectivity index (χ3n) is 4.82. The van der Waals surface area contributed by atoms with Gasteiger partial charge in [0, 0.05) is 33.8 Å². The lowest BCUT2D eigenvalue weighted by atomic mass is 10.0. The van der Waals surface area contributed by atoms with E-state index < -0.39 is 5.97 Å². The highest BCUT2D eigenvalue weighted by molar-refractivity contribution is 6.02. The number of ether oxygens (including phenoxy) is 1. The molecule has 0 bridgehead atoms. The minimum absolute atomic E-state index is 0.159. The molecule has 1 N–H and O–H groups in total. The van der Waals surface area contributed by atoms with Crippen LogP contribution in [-0.4, -0.2) is 27.8 Å². The van der Waals surface area contributed by atoms with Gasteiger partial charge in [0.05, 0.1) is 24.3 Å². The number of hydrogen-bond donors (Lipinski definition) is 1. The third kappa shape index (κ3) is 2.97. The molecule has 142 valence electrons. The van der Waals surface area contributed by atoms with Crippen molar-refractivity contribution < 1.29 is 13.9 Å². The van der Waals surface area contributed by atoms with Crippen molar-refractivity contribution in [3.8, 4) is 5.69 Å². The van der Waals surface area contributed by atoms with E-state index in [1.54, 1.807) is 24.4 Å². The summed E-state index contributed by atoms with van der Waals surface area (Å²) < 4.78 is 20.4.